The molecule has 5 rings (SSSR count). The smallest absolute Gasteiger partial charge is 0.254 e. The maximum Gasteiger partial charge on any atom is 0.254 e. The van der Waals surface area contributed by atoms with Crippen molar-refractivity contribution in [3.8, 4) is 17.2 Å². The average molecular weight is 415 g/mol. The van der Waals surface area contributed by atoms with Gasteiger partial charge in [0.25, 0.3) is 11.8 Å². The van der Waals surface area contributed by atoms with Gasteiger partial charge in [-0.05, 0) is 48.2 Å². The number of aliphatic hydroxyl groups is 1. The van der Waals surface area contributed by atoms with Gasteiger partial charge in [0.15, 0.2) is 0 Å². The minimum Gasteiger partial charge on any atom is -0.463 e. The number of benzene rings is 2. The van der Waals surface area contributed by atoms with Gasteiger partial charge in [-0.15, -0.1) is 0 Å². The van der Waals surface area contributed by atoms with Gasteiger partial charge in [0.1, 0.15) is 23.5 Å². The van der Waals surface area contributed by atoms with E-state index in [9.17, 15) is 20.0 Å². The molecule has 1 saturated carbocycles. The normalized spacial score (nSPS) is 17.4. The fourth-order valence-corrected chi connectivity index (χ4v) is 4.02. The summed E-state index contributed by atoms with van der Waals surface area (Å²) in [5, 5.41) is 20.0. The van der Waals surface area contributed by atoms with Crippen molar-refractivity contribution in [2.24, 2.45) is 0 Å². The van der Waals surface area contributed by atoms with E-state index in [2.05, 4.69) is 6.07 Å². The Morgan fingerprint density at radius 1 is 0.968 bits per heavy atom. The molecule has 0 unspecified atom stereocenters. The van der Waals surface area contributed by atoms with Crippen LogP contribution in [-0.4, -0.2) is 58.5 Å². The van der Waals surface area contributed by atoms with E-state index in [4.69, 9.17) is 4.42 Å². The van der Waals surface area contributed by atoms with Crippen molar-refractivity contribution in [3.63, 3.8) is 0 Å². The van der Waals surface area contributed by atoms with E-state index in [1.54, 1.807) is 21.9 Å². The Kier molecular flexibility index (Phi) is 4.53. The number of hydrogen-bond donors (Lipinski definition) is 1. The number of piperazine rings is 1. The highest BCUT2D eigenvalue weighted by Crippen LogP contribution is 2.37. The largest absolute Gasteiger partial charge is 0.463 e. The predicted molar refractivity (Wildman–Crippen MR) is 113 cm³/mol. The Bertz CT molecular complexity index is 1210. The van der Waals surface area contributed by atoms with Crippen molar-refractivity contribution < 1.29 is 19.1 Å². The molecular weight excluding hydrogens is 394 g/mol. The summed E-state index contributed by atoms with van der Waals surface area (Å²) in [4.78, 5) is 28.5. The Balaban J connectivity index is 1.27. The standard InChI is InChI=1S/C24H21N3O4/c25-14-19-15-31-21-6-5-18(13-20(19)21)16-1-3-17(4-2-16)22(28)26-9-11-27(12-10-26)23(29)24(30)7-8-24/h1-6,13,15,30H,7-12H2. The molecular formula is C24H21N3O4. The van der Waals surface area contributed by atoms with Gasteiger partial charge >= 0.3 is 0 Å². The monoisotopic (exact) mass is 415 g/mol. The third-order valence-electron chi connectivity index (χ3n) is 6.13. The van der Waals surface area contributed by atoms with Crippen molar-refractivity contribution in [2.45, 2.75) is 18.4 Å². The summed E-state index contributed by atoms with van der Waals surface area (Å²) < 4.78 is 5.38. The lowest BCUT2D eigenvalue weighted by Gasteiger charge is -2.35. The van der Waals surface area contributed by atoms with E-state index in [1.807, 2.05) is 30.3 Å². The summed E-state index contributed by atoms with van der Waals surface area (Å²) in [6.07, 6.45) is 2.51. The first kappa shape index (κ1) is 19.3. The van der Waals surface area contributed by atoms with Crippen LogP contribution in [0.2, 0.25) is 0 Å². The highest BCUT2D eigenvalue weighted by molar-refractivity contribution is 5.95. The fraction of sp³-hybridized carbons (Fsp3) is 0.292. The first-order valence-electron chi connectivity index (χ1n) is 10.3. The summed E-state index contributed by atoms with van der Waals surface area (Å²) in [6, 6.07) is 15.2. The number of rotatable bonds is 3. The lowest BCUT2D eigenvalue weighted by molar-refractivity contribution is -0.143. The van der Waals surface area contributed by atoms with Crippen molar-refractivity contribution in [1.82, 2.24) is 9.80 Å². The molecule has 1 aliphatic carbocycles. The molecule has 31 heavy (non-hydrogen) atoms. The fourth-order valence-electron chi connectivity index (χ4n) is 4.02. The molecule has 0 spiro atoms. The van der Waals surface area contributed by atoms with Crippen LogP contribution < -0.4 is 0 Å². The highest BCUT2D eigenvalue weighted by atomic mass is 16.3. The van der Waals surface area contributed by atoms with E-state index < -0.39 is 5.60 Å². The number of nitrogens with zero attached hydrogens (tertiary/aromatic N) is 3. The van der Waals surface area contributed by atoms with Gasteiger partial charge in [0, 0.05) is 37.1 Å². The molecule has 1 N–H and O–H groups in total. The molecule has 3 aromatic rings. The topological polar surface area (TPSA) is 97.8 Å². The molecule has 0 atom stereocenters. The second-order valence-corrected chi connectivity index (χ2v) is 8.17. The van der Waals surface area contributed by atoms with E-state index in [0.717, 1.165) is 16.5 Å². The lowest BCUT2D eigenvalue weighted by atomic mass is 10.0. The molecule has 2 aliphatic rings. The molecule has 1 aromatic heterocycles. The lowest BCUT2D eigenvalue weighted by Crippen LogP contribution is -2.53. The van der Waals surface area contributed by atoms with E-state index in [1.165, 1.54) is 6.26 Å². The van der Waals surface area contributed by atoms with Crippen LogP contribution in [0.4, 0.5) is 0 Å². The van der Waals surface area contributed by atoms with Crippen LogP contribution in [0.3, 0.4) is 0 Å². The second kappa shape index (κ2) is 7.25. The van der Waals surface area contributed by atoms with Crippen LogP contribution in [0.25, 0.3) is 22.1 Å². The molecule has 7 nitrogen and oxygen atoms in total. The minimum atomic E-state index is -1.16. The summed E-state index contributed by atoms with van der Waals surface area (Å²) in [5.74, 6) is -0.279. The van der Waals surface area contributed by atoms with Crippen LogP contribution in [0, 0.1) is 11.3 Å². The third-order valence-corrected chi connectivity index (χ3v) is 6.13. The molecule has 0 radical (unpaired) electrons. The third kappa shape index (κ3) is 3.45. The van der Waals surface area contributed by atoms with Crippen molar-refractivity contribution in [2.75, 3.05) is 26.2 Å². The van der Waals surface area contributed by atoms with Gasteiger partial charge in [0.05, 0.1) is 5.56 Å². The van der Waals surface area contributed by atoms with Gasteiger partial charge in [-0.2, -0.15) is 5.26 Å². The maximum atomic E-state index is 12.9. The van der Waals surface area contributed by atoms with Gasteiger partial charge in [0.2, 0.25) is 0 Å². The number of fused-ring (bicyclic) bond motifs is 1. The Hall–Kier alpha value is -3.63. The van der Waals surface area contributed by atoms with Crippen molar-refractivity contribution >= 4 is 22.8 Å². The summed E-state index contributed by atoms with van der Waals surface area (Å²) >= 11 is 0. The quantitative estimate of drug-likeness (QED) is 0.709. The predicted octanol–water partition coefficient (Wildman–Crippen LogP) is 2.78. The Morgan fingerprint density at radius 2 is 1.61 bits per heavy atom. The molecule has 1 saturated heterocycles. The minimum absolute atomic E-state index is 0.0687. The summed E-state index contributed by atoms with van der Waals surface area (Å²) in [5.41, 5.74) is 2.47. The zero-order valence-corrected chi connectivity index (χ0v) is 16.9. The van der Waals surface area contributed by atoms with Crippen LogP contribution >= 0.6 is 0 Å². The number of nitriles is 1. The van der Waals surface area contributed by atoms with E-state index in [-0.39, 0.29) is 11.8 Å². The van der Waals surface area contributed by atoms with E-state index >= 15 is 0 Å². The zero-order valence-electron chi connectivity index (χ0n) is 16.9. The highest BCUT2D eigenvalue weighted by Gasteiger charge is 2.50. The number of carbonyl (C=O) groups is 2. The molecule has 2 fully saturated rings. The van der Waals surface area contributed by atoms with Crippen molar-refractivity contribution in [3.05, 3.63) is 59.9 Å². The Morgan fingerprint density at radius 3 is 2.26 bits per heavy atom. The summed E-state index contributed by atoms with van der Waals surface area (Å²) in [6.45, 7) is 1.79. The van der Waals surface area contributed by atoms with Crippen molar-refractivity contribution in [1.29, 1.82) is 5.26 Å². The van der Waals surface area contributed by atoms with Gasteiger partial charge in [-0.1, -0.05) is 18.2 Å². The molecule has 2 amide bonds. The Labute approximate surface area is 179 Å². The van der Waals surface area contributed by atoms with Gasteiger partial charge in [-0.3, -0.25) is 9.59 Å². The van der Waals surface area contributed by atoms with Gasteiger partial charge in [-0.25, -0.2) is 0 Å². The van der Waals surface area contributed by atoms with E-state index in [0.29, 0.717) is 55.7 Å². The number of furan rings is 1. The number of carbonyl (C=O) groups excluding carboxylic acids is 2. The average Bonchev–Trinajstić information content (AvgIpc) is 3.44. The molecule has 156 valence electrons. The molecule has 2 heterocycles. The maximum absolute atomic E-state index is 12.9. The van der Waals surface area contributed by atoms with Gasteiger partial charge < -0.3 is 19.3 Å². The molecule has 1 aliphatic heterocycles. The van der Waals surface area contributed by atoms with Crippen LogP contribution in [0.5, 0.6) is 0 Å². The first-order valence-corrected chi connectivity index (χ1v) is 10.3. The van der Waals surface area contributed by atoms with Crippen LogP contribution in [0.1, 0.15) is 28.8 Å². The zero-order chi connectivity index (χ0) is 21.6. The SMILES string of the molecule is N#Cc1coc2ccc(-c3ccc(C(=O)N4CCN(C(=O)C5(O)CC5)CC4)cc3)cc12. The number of hydrogen-bond acceptors (Lipinski definition) is 5. The number of amides is 2. The molecule has 7 heteroatoms. The van der Waals surface area contributed by atoms with Crippen LogP contribution in [-0.2, 0) is 4.79 Å². The molecule has 0 bridgehead atoms. The molecule has 2 aromatic carbocycles. The van der Waals surface area contributed by atoms with Crippen LogP contribution in [0.15, 0.2) is 53.1 Å². The summed E-state index contributed by atoms with van der Waals surface area (Å²) in [7, 11) is 0. The first-order chi connectivity index (χ1) is 15.0. The second-order valence-electron chi connectivity index (χ2n) is 8.17.